The Hall–Kier alpha value is -2.98. The van der Waals surface area contributed by atoms with Crippen LogP contribution in [0.15, 0.2) is 42.2 Å². The van der Waals surface area contributed by atoms with Gasteiger partial charge in [-0.05, 0) is 24.3 Å². The molecule has 3 unspecified atom stereocenters. The maximum Gasteiger partial charge on any atom is 0.270 e. The second-order valence-corrected chi connectivity index (χ2v) is 6.94. The molecule has 0 aliphatic carbocycles. The highest BCUT2D eigenvalue weighted by atomic mass is 16.7. The van der Waals surface area contributed by atoms with Crippen LogP contribution in [0.5, 0.6) is 23.0 Å². The van der Waals surface area contributed by atoms with Gasteiger partial charge in [-0.3, -0.25) is 0 Å². The van der Waals surface area contributed by atoms with Crippen LogP contribution in [-0.2, 0) is 9.47 Å². The molecule has 154 valence electrons. The van der Waals surface area contributed by atoms with Gasteiger partial charge in [0, 0.05) is 12.1 Å². The number of fused-ring (bicyclic) bond motifs is 1. The number of rotatable bonds is 3. The molecule has 2 aromatic carbocycles. The molecule has 29 heavy (non-hydrogen) atoms. The van der Waals surface area contributed by atoms with E-state index in [4.69, 9.17) is 9.47 Å². The quantitative estimate of drug-likeness (QED) is 0.406. The molecule has 2 aliphatic heterocycles. The van der Waals surface area contributed by atoms with E-state index in [-0.39, 0.29) is 29.6 Å². The molecule has 9 nitrogen and oxygen atoms in total. The molecule has 4 rings (SSSR count). The van der Waals surface area contributed by atoms with Crippen molar-refractivity contribution in [3.63, 3.8) is 0 Å². The first kappa shape index (κ1) is 19.3. The van der Waals surface area contributed by atoms with Crippen LogP contribution in [0.2, 0.25) is 0 Å². The highest BCUT2D eigenvalue weighted by molar-refractivity contribution is 5.69. The minimum atomic E-state index is -1.50. The fraction of sp³-hybridized carbons (Fsp3) is 0.300. The third-order valence-corrected chi connectivity index (χ3v) is 4.86. The Balaban J connectivity index is 1.71. The van der Waals surface area contributed by atoms with Gasteiger partial charge in [0.25, 0.3) is 11.9 Å². The lowest BCUT2D eigenvalue weighted by Gasteiger charge is -2.36. The van der Waals surface area contributed by atoms with Crippen molar-refractivity contribution in [2.75, 3.05) is 6.61 Å². The van der Waals surface area contributed by atoms with Crippen molar-refractivity contribution in [3.05, 3.63) is 53.3 Å². The van der Waals surface area contributed by atoms with Crippen molar-refractivity contribution in [2.24, 2.45) is 0 Å². The van der Waals surface area contributed by atoms with E-state index < -0.39 is 30.7 Å². The number of phenols is 3. The Kier molecular flexibility index (Phi) is 4.97. The van der Waals surface area contributed by atoms with Crippen LogP contribution in [-0.4, -0.2) is 66.6 Å². The average Bonchev–Trinajstić information content (AvgIpc) is 2.69. The number of aliphatic hydroxyl groups excluding tert-OH is 3. The zero-order chi connectivity index (χ0) is 20.7. The number of benzene rings is 2. The molecule has 1 fully saturated rings. The van der Waals surface area contributed by atoms with E-state index in [2.05, 4.69) is 4.74 Å². The lowest BCUT2D eigenvalue weighted by molar-refractivity contribution is -0.263. The highest BCUT2D eigenvalue weighted by Gasteiger charge is 2.42. The lowest BCUT2D eigenvalue weighted by Crippen LogP contribution is -2.53. The number of phenolic OH excluding ortho intramolecular Hbond substituents is 3. The smallest absolute Gasteiger partial charge is 0.270 e. The van der Waals surface area contributed by atoms with Crippen LogP contribution in [0.25, 0.3) is 6.08 Å². The van der Waals surface area contributed by atoms with Crippen LogP contribution in [0.1, 0.15) is 17.2 Å². The third kappa shape index (κ3) is 3.68. The van der Waals surface area contributed by atoms with Gasteiger partial charge < -0.3 is 44.8 Å². The van der Waals surface area contributed by atoms with Gasteiger partial charge in [-0.15, -0.1) is 0 Å². The maximum atomic E-state index is 10.2. The largest absolute Gasteiger partial charge is 0.571 e. The number of hydrogen-bond acceptors (Lipinski definition) is 8. The molecular formula is C20H21O9+. The lowest BCUT2D eigenvalue weighted by atomic mass is 10.0. The van der Waals surface area contributed by atoms with Crippen LogP contribution >= 0.6 is 0 Å². The monoisotopic (exact) mass is 405 g/mol. The zero-order valence-electron chi connectivity index (χ0n) is 15.1. The molecule has 2 heterocycles. The van der Waals surface area contributed by atoms with Gasteiger partial charge >= 0.3 is 0 Å². The van der Waals surface area contributed by atoms with Crippen molar-refractivity contribution < 1.29 is 44.8 Å². The predicted octanol–water partition coefficient (Wildman–Crippen LogP) is 0.596. The summed E-state index contributed by atoms with van der Waals surface area (Å²) in [6.07, 6.45) is -4.69. The van der Waals surface area contributed by atoms with Crippen LogP contribution < -0.4 is 0 Å². The van der Waals surface area contributed by atoms with E-state index in [1.165, 1.54) is 24.3 Å². The van der Waals surface area contributed by atoms with Crippen molar-refractivity contribution in [3.8, 4) is 23.0 Å². The Labute approximate surface area is 165 Å². The van der Waals surface area contributed by atoms with Crippen molar-refractivity contribution in [2.45, 2.75) is 30.7 Å². The van der Waals surface area contributed by atoms with Crippen molar-refractivity contribution in [1.82, 2.24) is 0 Å². The molecule has 0 spiro atoms. The fourth-order valence-corrected chi connectivity index (χ4v) is 3.30. The maximum absolute atomic E-state index is 10.2. The second kappa shape index (κ2) is 7.45. The first-order valence-electron chi connectivity index (χ1n) is 8.93. The van der Waals surface area contributed by atoms with Gasteiger partial charge in [-0.1, -0.05) is 0 Å². The summed E-state index contributed by atoms with van der Waals surface area (Å²) in [7, 11) is 0. The zero-order valence-corrected chi connectivity index (χ0v) is 15.1. The molecular weight excluding hydrogens is 384 g/mol. The van der Waals surface area contributed by atoms with Crippen LogP contribution in [0.3, 0.4) is 0 Å². The Morgan fingerprint density at radius 2 is 1.66 bits per heavy atom. The molecule has 1 saturated heterocycles. The fourth-order valence-electron chi connectivity index (χ4n) is 3.30. The van der Waals surface area contributed by atoms with Crippen LogP contribution in [0.4, 0.5) is 0 Å². The molecule has 0 radical (unpaired) electrons. The van der Waals surface area contributed by atoms with Gasteiger partial charge in [0.2, 0.25) is 6.29 Å². The topological polar surface area (TPSA) is 153 Å². The normalized spacial score (nSPS) is 28.8. The van der Waals surface area contributed by atoms with Crippen molar-refractivity contribution in [1.29, 1.82) is 0 Å². The van der Waals surface area contributed by atoms with Gasteiger partial charge in [0.1, 0.15) is 41.1 Å². The minimum Gasteiger partial charge on any atom is -0.571 e. The van der Waals surface area contributed by atoms with E-state index >= 15 is 0 Å². The number of aliphatic hydroxyl groups is 4. The molecule has 9 heteroatoms. The van der Waals surface area contributed by atoms with E-state index in [9.17, 15) is 30.6 Å². The first-order valence-corrected chi connectivity index (χ1v) is 8.93. The van der Waals surface area contributed by atoms with E-state index in [1.54, 1.807) is 12.1 Å². The molecule has 5 atom stereocenters. The molecule has 7 N–H and O–H groups in total. The summed E-state index contributed by atoms with van der Waals surface area (Å²) in [6.45, 7) is -0.229. The van der Waals surface area contributed by atoms with Crippen LogP contribution in [0, 0.1) is 0 Å². The molecule has 0 saturated carbocycles. The molecule has 0 aromatic heterocycles. The predicted molar refractivity (Wildman–Crippen MR) is 99.1 cm³/mol. The van der Waals surface area contributed by atoms with E-state index in [0.29, 0.717) is 16.9 Å². The summed E-state index contributed by atoms with van der Waals surface area (Å²) >= 11 is 0. The number of ether oxygens (including phenoxy) is 3. The third-order valence-electron chi connectivity index (χ3n) is 4.86. The Morgan fingerprint density at radius 1 is 0.931 bits per heavy atom. The van der Waals surface area contributed by atoms with Gasteiger partial charge in [-0.2, -0.15) is 0 Å². The summed E-state index contributed by atoms with van der Waals surface area (Å²) in [5, 5.41) is 59.2. The van der Waals surface area contributed by atoms with Gasteiger partial charge in [-0.25, -0.2) is 0 Å². The second-order valence-electron chi connectivity index (χ2n) is 6.94. The van der Waals surface area contributed by atoms with E-state index in [1.807, 2.05) is 0 Å². The molecule has 0 bridgehead atoms. The summed E-state index contributed by atoms with van der Waals surface area (Å²) in [5.41, 5.74) is 0.937. The first-order chi connectivity index (χ1) is 13.8. The van der Waals surface area contributed by atoms with E-state index in [0.717, 1.165) is 6.07 Å². The molecule has 2 aliphatic rings. The average molecular weight is 405 g/mol. The number of hydrogen-bond donors (Lipinski definition) is 6. The summed E-state index contributed by atoms with van der Waals surface area (Å²) < 4.78 is 15.6. The Morgan fingerprint density at radius 3 is 2.38 bits per heavy atom. The standard InChI is InChI=1S/C20H20O9/c21-10-3-1-9(2-4-10)19-16(29-20-18(26)17(25)14(24)8-27-20)7-12-13(23)5-11(22)6-15(12)28-19/h1-7,14,17-26H,8H2/p+1/t14-,17?,18?,19?,20-/m0/s1. The number of aromatic hydroxyl groups is 4. The summed E-state index contributed by atoms with van der Waals surface area (Å²) in [4.78, 5) is 0. The van der Waals surface area contributed by atoms with Gasteiger partial charge in [0.15, 0.2) is 5.76 Å². The minimum absolute atomic E-state index is 0.0647. The summed E-state index contributed by atoms with van der Waals surface area (Å²) in [6, 6.07) is 8.77. The SMILES string of the molecule is Oc1ccc(C2[OH+]c3cc(O)cc(O)c3C=C2O[C@@H]2OC[C@H](O)C(O)C2O)cc1. The molecule has 2 aromatic rings. The Bertz CT molecular complexity index is 924. The van der Waals surface area contributed by atoms with Crippen molar-refractivity contribution >= 4 is 6.08 Å². The summed E-state index contributed by atoms with van der Waals surface area (Å²) in [5.74, 6) is 0.227. The molecule has 0 amide bonds. The van der Waals surface area contributed by atoms with Gasteiger partial charge in [0.05, 0.1) is 18.2 Å². The highest BCUT2D eigenvalue weighted by Crippen LogP contribution is 2.45.